The van der Waals surface area contributed by atoms with Crippen molar-refractivity contribution >= 4 is 10.0 Å². The molecule has 6 heteroatoms. The standard InChI is InChI=1S/C10H9N3O2S/c11-16(14,15)9-4-1-3-8(7-9)10-12-5-2-6-13-10/h1-7H,(H2,11,14,15). The fraction of sp³-hybridized carbons (Fsp3) is 0. The van der Waals surface area contributed by atoms with Crippen molar-refractivity contribution in [2.75, 3.05) is 0 Å². The van der Waals surface area contributed by atoms with Gasteiger partial charge in [-0.05, 0) is 18.2 Å². The first-order valence-electron chi connectivity index (χ1n) is 4.47. The van der Waals surface area contributed by atoms with Gasteiger partial charge < -0.3 is 0 Å². The third-order valence-corrected chi connectivity index (χ3v) is 2.90. The number of rotatable bonds is 2. The summed E-state index contributed by atoms with van der Waals surface area (Å²) in [5.74, 6) is 0.466. The fourth-order valence-corrected chi connectivity index (χ4v) is 1.82. The Balaban J connectivity index is 2.53. The van der Waals surface area contributed by atoms with Crippen molar-refractivity contribution in [3.8, 4) is 11.4 Å². The molecule has 5 nitrogen and oxygen atoms in total. The molecule has 0 spiro atoms. The molecule has 0 bridgehead atoms. The number of nitrogens with zero attached hydrogens (tertiary/aromatic N) is 2. The van der Waals surface area contributed by atoms with E-state index >= 15 is 0 Å². The van der Waals surface area contributed by atoms with Crippen LogP contribution in [0.4, 0.5) is 0 Å². The molecule has 82 valence electrons. The van der Waals surface area contributed by atoms with E-state index in [1.807, 2.05) is 0 Å². The fourth-order valence-electron chi connectivity index (χ4n) is 1.26. The number of hydrogen-bond acceptors (Lipinski definition) is 4. The van der Waals surface area contributed by atoms with Crippen molar-refractivity contribution in [2.24, 2.45) is 5.14 Å². The van der Waals surface area contributed by atoms with Gasteiger partial charge in [-0.2, -0.15) is 0 Å². The van der Waals surface area contributed by atoms with Crippen LogP contribution in [-0.2, 0) is 10.0 Å². The van der Waals surface area contributed by atoms with E-state index in [0.717, 1.165) is 0 Å². The summed E-state index contributed by atoms with van der Waals surface area (Å²) in [4.78, 5) is 8.10. The second-order valence-corrected chi connectivity index (χ2v) is 4.71. The minimum absolute atomic E-state index is 0.0532. The molecule has 1 aromatic carbocycles. The molecule has 0 amide bonds. The molecule has 0 saturated heterocycles. The van der Waals surface area contributed by atoms with Gasteiger partial charge in [0.15, 0.2) is 5.82 Å². The molecular formula is C10H9N3O2S. The lowest BCUT2D eigenvalue weighted by atomic mass is 10.2. The molecule has 0 unspecified atom stereocenters. The summed E-state index contributed by atoms with van der Waals surface area (Å²) < 4.78 is 22.3. The Morgan fingerprint density at radius 3 is 2.38 bits per heavy atom. The molecule has 2 N–H and O–H groups in total. The van der Waals surface area contributed by atoms with Crippen molar-refractivity contribution in [3.05, 3.63) is 42.7 Å². The molecule has 0 fully saturated rings. The van der Waals surface area contributed by atoms with Gasteiger partial charge in [0, 0.05) is 18.0 Å². The van der Waals surface area contributed by atoms with Crippen LogP contribution >= 0.6 is 0 Å². The minimum Gasteiger partial charge on any atom is -0.237 e. The van der Waals surface area contributed by atoms with Crippen molar-refractivity contribution in [1.29, 1.82) is 0 Å². The highest BCUT2D eigenvalue weighted by Gasteiger charge is 2.09. The Kier molecular flexibility index (Phi) is 2.67. The molecule has 2 aromatic rings. The molecule has 0 saturated carbocycles. The van der Waals surface area contributed by atoms with E-state index < -0.39 is 10.0 Å². The molecular weight excluding hydrogens is 226 g/mol. The third-order valence-electron chi connectivity index (χ3n) is 1.99. The lowest BCUT2D eigenvalue weighted by Crippen LogP contribution is -2.12. The lowest BCUT2D eigenvalue weighted by Gasteiger charge is -2.01. The first-order chi connectivity index (χ1) is 7.57. The molecule has 1 heterocycles. The summed E-state index contributed by atoms with van der Waals surface area (Å²) in [5.41, 5.74) is 0.618. The van der Waals surface area contributed by atoms with E-state index in [0.29, 0.717) is 11.4 Å². The van der Waals surface area contributed by atoms with E-state index in [4.69, 9.17) is 5.14 Å². The van der Waals surface area contributed by atoms with Crippen LogP contribution in [0.25, 0.3) is 11.4 Å². The van der Waals surface area contributed by atoms with Crippen LogP contribution in [-0.4, -0.2) is 18.4 Å². The van der Waals surface area contributed by atoms with Gasteiger partial charge >= 0.3 is 0 Å². The zero-order valence-electron chi connectivity index (χ0n) is 8.24. The van der Waals surface area contributed by atoms with Crippen LogP contribution < -0.4 is 5.14 Å². The Morgan fingerprint density at radius 1 is 1.06 bits per heavy atom. The summed E-state index contributed by atoms with van der Waals surface area (Å²) in [6.07, 6.45) is 3.18. The van der Waals surface area contributed by atoms with Crippen LogP contribution in [0.1, 0.15) is 0 Å². The second-order valence-electron chi connectivity index (χ2n) is 3.15. The largest absolute Gasteiger partial charge is 0.238 e. The monoisotopic (exact) mass is 235 g/mol. The average molecular weight is 235 g/mol. The zero-order chi connectivity index (χ0) is 11.6. The summed E-state index contributed by atoms with van der Waals surface area (Å²) in [7, 11) is -3.69. The first kappa shape index (κ1) is 10.7. The van der Waals surface area contributed by atoms with Gasteiger partial charge in [-0.1, -0.05) is 12.1 Å². The number of aromatic nitrogens is 2. The molecule has 0 aliphatic carbocycles. The van der Waals surface area contributed by atoms with Gasteiger partial charge in [-0.25, -0.2) is 23.5 Å². The minimum atomic E-state index is -3.69. The van der Waals surface area contributed by atoms with Crippen LogP contribution in [0, 0.1) is 0 Å². The topological polar surface area (TPSA) is 85.9 Å². The van der Waals surface area contributed by atoms with Gasteiger partial charge in [0.05, 0.1) is 4.90 Å². The lowest BCUT2D eigenvalue weighted by molar-refractivity contribution is 0.598. The van der Waals surface area contributed by atoms with Gasteiger partial charge in [0.25, 0.3) is 0 Å². The molecule has 2 rings (SSSR count). The molecule has 0 aliphatic rings. The summed E-state index contributed by atoms with van der Waals surface area (Å²) in [5, 5.41) is 5.04. The van der Waals surface area contributed by atoms with Gasteiger partial charge in [-0.3, -0.25) is 0 Å². The molecule has 0 radical (unpaired) electrons. The zero-order valence-corrected chi connectivity index (χ0v) is 9.05. The molecule has 1 aromatic heterocycles. The highest BCUT2D eigenvalue weighted by Crippen LogP contribution is 2.17. The van der Waals surface area contributed by atoms with Crippen molar-refractivity contribution in [1.82, 2.24) is 9.97 Å². The summed E-state index contributed by atoms with van der Waals surface area (Å²) in [6, 6.07) is 7.90. The van der Waals surface area contributed by atoms with E-state index in [9.17, 15) is 8.42 Å². The maximum atomic E-state index is 11.2. The number of primary sulfonamides is 1. The Labute approximate surface area is 93.0 Å². The smallest absolute Gasteiger partial charge is 0.237 e. The summed E-state index contributed by atoms with van der Waals surface area (Å²) in [6.45, 7) is 0. The van der Waals surface area contributed by atoms with Gasteiger partial charge in [0.1, 0.15) is 0 Å². The van der Waals surface area contributed by atoms with E-state index in [2.05, 4.69) is 9.97 Å². The Bertz CT molecular complexity index is 596. The first-order valence-corrected chi connectivity index (χ1v) is 6.02. The maximum absolute atomic E-state index is 11.2. The average Bonchev–Trinajstić information content (AvgIpc) is 2.29. The third kappa shape index (κ3) is 2.23. The molecule has 0 atom stereocenters. The van der Waals surface area contributed by atoms with E-state index in [1.54, 1.807) is 30.6 Å². The Morgan fingerprint density at radius 2 is 1.75 bits per heavy atom. The van der Waals surface area contributed by atoms with Crippen LogP contribution in [0.3, 0.4) is 0 Å². The molecule has 16 heavy (non-hydrogen) atoms. The van der Waals surface area contributed by atoms with Crippen LogP contribution in [0.5, 0.6) is 0 Å². The number of benzene rings is 1. The van der Waals surface area contributed by atoms with Crippen molar-refractivity contribution in [2.45, 2.75) is 4.90 Å². The predicted molar refractivity (Wildman–Crippen MR) is 58.8 cm³/mol. The van der Waals surface area contributed by atoms with Crippen LogP contribution in [0.2, 0.25) is 0 Å². The predicted octanol–water partition coefficient (Wildman–Crippen LogP) is 0.791. The van der Waals surface area contributed by atoms with Gasteiger partial charge in [-0.15, -0.1) is 0 Å². The quantitative estimate of drug-likeness (QED) is 0.833. The highest BCUT2D eigenvalue weighted by atomic mass is 32.2. The number of hydrogen-bond donors (Lipinski definition) is 1. The SMILES string of the molecule is NS(=O)(=O)c1cccc(-c2ncccn2)c1. The van der Waals surface area contributed by atoms with Crippen molar-refractivity contribution in [3.63, 3.8) is 0 Å². The van der Waals surface area contributed by atoms with E-state index in [1.165, 1.54) is 12.1 Å². The molecule has 0 aliphatic heterocycles. The highest BCUT2D eigenvalue weighted by molar-refractivity contribution is 7.89. The summed E-state index contributed by atoms with van der Waals surface area (Å²) >= 11 is 0. The van der Waals surface area contributed by atoms with Gasteiger partial charge in [0.2, 0.25) is 10.0 Å². The van der Waals surface area contributed by atoms with E-state index in [-0.39, 0.29) is 4.90 Å². The second kappa shape index (κ2) is 3.99. The maximum Gasteiger partial charge on any atom is 0.238 e. The number of nitrogens with two attached hydrogens (primary N) is 1. The van der Waals surface area contributed by atoms with Crippen molar-refractivity contribution < 1.29 is 8.42 Å². The Hall–Kier alpha value is -1.79. The van der Waals surface area contributed by atoms with Crippen LogP contribution in [0.15, 0.2) is 47.6 Å². The normalized spacial score (nSPS) is 11.3. The number of sulfonamides is 1.